The molecule has 0 bridgehead atoms. The molecule has 1 saturated heterocycles. The Bertz CT molecular complexity index is 843. The fourth-order valence-corrected chi connectivity index (χ4v) is 3.19. The number of anilines is 1. The van der Waals surface area contributed by atoms with E-state index >= 15 is 0 Å². The summed E-state index contributed by atoms with van der Waals surface area (Å²) < 4.78 is 7.28. The van der Waals surface area contributed by atoms with E-state index in [0.29, 0.717) is 17.8 Å². The van der Waals surface area contributed by atoms with Gasteiger partial charge >= 0.3 is 0 Å². The Labute approximate surface area is 139 Å². The third kappa shape index (κ3) is 2.60. The third-order valence-corrected chi connectivity index (χ3v) is 4.55. The van der Waals surface area contributed by atoms with Crippen LogP contribution in [0.5, 0.6) is 0 Å². The Balaban J connectivity index is 1.49. The van der Waals surface area contributed by atoms with Crippen molar-refractivity contribution in [3.05, 3.63) is 30.2 Å². The lowest BCUT2D eigenvalue weighted by Gasteiger charge is -2.42. The normalized spacial score (nSPS) is 20.6. The van der Waals surface area contributed by atoms with Gasteiger partial charge in [-0.05, 0) is 26.0 Å². The molecule has 3 aromatic heterocycles. The average molecular weight is 328 g/mol. The minimum absolute atomic E-state index is 0.115. The van der Waals surface area contributed by atoms with E-state index in [1.54, 1.807) is 10.8 Å². The summed E-state index contributed by atoms with van der Waals surface area (Å²) in [6.07, 6.45) is 1.62. The minimum Gasteiger partial charge on any atom is -0.424 e. The van der Waals surface area contributed by atoms with Crippen LogP contribution in [-0.4, -0.2) is 60.6 Å². The second kappa shape index (κ2) is 5.82. The van der Waals surface area contributed by atoms with Gasteiger partial charge in [0.05, 0.1) is 6.04 Å². The summed E-state index contributed by atoms with van der Waals surface area (Å²) >= 11 is 0. The standard InChI is InChI=1S/C15H20N8O/c1-10-8-21(11(2)15-19-17-12(3)24-15)6-7-22(10)14-5-4-13-18-16-9-23(13)20-14/h4-5,9-11H,6-8H2,1-3H3/t10-,11+/m1/s1. The molecule has 9 nitrogen and oxygen atoms in total. The smallest absolute Gasteiger partial charge is 0.233 e. The number of fused-ring (bicyclic) bond motifs is 1. The number of piperazine rings is 1. The van der Waals surface area contributed by atoms with Gasteiger partial charge in [-0.2, -0.15) is 4.52 Å². The van der Waals surface area contributed by atoms with Gasteiger partial charge < -0.3 is 9.32 Å². The highest BCUT2D eigenvalue weighted by Gasteiger charge is 2.30. The first-order chi connectivity index (χ1) is 11.6. The molecule has 3 aromatic rings. The van der Waals surface area contributed by atoms with Crippen LogP contribution in [0.4, 0.5) is 5.82 Å². The molecule has 24 heavy (non-hydrogen) atoms. The van der Waals surface area contributed by atoms with E-state index in [0.717, 1.165) is 31.1 Å². The lowest BCUT2D eigenvalue weighted by atomic mass is 10.1. The second-order valence-electron chi connectivity index (χ2n) is 6.20. The number of aromatic nitrogens is 6. The summed E-state index contributed by atoms with van der Waals surface area (Å²) in [7, 11) is 0. The number of hydrogen-bond donors (Lipinski definition) is 0. The average Bonchev–Trinajstić information content (AvgIpc) is 3.22. The molecule has 1 fully saturated rings. The van der Waals surface area contributed by atoms with Gasteiger partial charge in [-0.15, -0.1) is 25.5 Å². The van der Waals surface area contributed by atoms with Crippen LogP contribution in [0.15, 0.2) is 22.9 Å². The van der Waals surface area contributed by atoms with E-state index in [-0.39, 0.29) is 6.04 Å². The molecule has 4 rings (SSSR count). The molecular formula is C15H20N8O. The maximum absolute atomic E-state index is 5.58. The van der Waals surface area contributed by atoms with Gasteiger partial charge in [0.25, 0.3) is 0 Å². The molecule has 0 saturated carbocycles. The van der Waals surface area contributed by atoms with E-state index in [2.05, 4.69) is 49.1 Å². The van der Waals surface area contributed by atoms with Gasteiger partial charge in [-0.1, -0.05) is 0 Å². The topological polar surface area (TPSA) is 88.5 Å². The van der Waals surface area contributed by atoms with Crippen molar-refractivity contribution in [2.45, 2.75) is 32.9 Å². The minimum atomic E-state index is 0.115. The van der Waals surface area contributed by atoms with Crippen molar-refractivity contribution >= 4 is 11.5 Å². The molecule has 0 N–H and O–H groups in total. The van der Waals surface area contributed by atoms with Crippen LogP contribution in [0.25, 0.3) is 5.65 Å². The highest BCUT2D eigenvalue weighted by Crippen LogP contribution is 2.25. The largest absolute Gasteiger partial charge is 0.424 e. The van der Waals surface area contributed by atoms with Crippen LogP contribution in [0.3, 0.4) is 0 Å². The summed E-state index contributed by atoms with van der Waals surface area (Å²) in [5.41, 5.74) is 0.755. The highest BCUT2D eigenvalue weighted by molar-refractivity contribution is 5.46. The van der Waals surface area contributed by atoms with Crippen molar-refractivity contribution in [2.24, 2.45) is 0 Å². The van der Waals surface area contributed by atoms with Crippen LogP contribution in [0, 0.1) is 6.92 Å². The summed E-state index contributed by atoms with van der Waals surface area (Å²) in [6.45, 7) is 8.84. The first kappa shape index (κ1) is 15.0. The van der Waals surface area contributed by atoms with Crippen LogP contribution in [0.2, 0.25) is 0 Å². The van der Waals surface area contributed by atoms with Crippen molar-refractivity contribution in [2.75, 3.05) is 24.5 Å². The molecule has 0 amide bonds. The van der Waals surface area contributed by atoms with Crippen molar-refractivity contribution < 1.29 is 4.42 Å². The van der Waals surface area contributed by atoms with E-state index in [1.807, 2.05) is 19.1 Å². The Morgan fingerprint density at radius 1 is 1.21 bits per heavy atom. The molecule has 1 aliphatic heterocycles. The molecule has 9 heteroatoms. The Morgan fingerprint density at radius 3 is 2.83 bits per heavy atom. The lowest BCUT2D eigenvalue weighted by molar-refractivity contribution is 0.152. The van der Waals surface area contributed by atoms with Gasteiger partial charge in [0, 0.05) is 32.6 Å². The van der Waals surface area contributed by atoms with E-state index in [4.69, 9.17) is 4.42 Å². The maximum atomic E-state index is 5.58. The van der Waals surface area contributed by atoms with Gasteiger partial charge in [-0.25, -0.2) is 0 Å². The zero-order chi connectivity index (χ0) is 16.7. The summed E-state index contributed by atoms with van der Waals surface area (Å²) in [5.74, 6) is 2.22. The number of hydrogen-bond acceptors (Lipinski definition) is 8. The zero-order valence-corrected chi connectivity index (χ0v) is 14.0. The lowest BCUT2D eigenvalue weighted by Crippen LogP contribution is -2.52. The summed E-state index contributed by atoms with van der Waals surface area (Å²) in [6, 6.07) is 4.38. The number of rotatable bonds is 3. The van der Waals surface area contributed by atoms with E-state index in [9.17, 15) is 0 Å². The molecule has 0 spiro atoms. The molecule has 126 valence electrons. The van der Waals surface area contributed by atoms with E-state index < -0.39 is 0 Å². The molecule has 2 atom stereocenters. The predicted molar refractivity (Wildman–Crippen MR) is 86.6 cm³/mol. The zero-order valence-electron chi connectivity index (χ0n) is 14.0. The maximum Gasteiger partial charge on any atom is 0.233 e. The fraction of sp³-hybridized carbons (Fsp3) is 0.533. The number of nitrogens with zero attached hydrogens (tertiary/aromatic N) is 8. The van der Waals surface area contributed by atoms with Gasteiger partial charge in [0.1, 0.15) is 12.1 Å². The van der Waals surface area contributed by atoms with Crippen LogP contribution >= 0.6 is 0 Å². The van der Waals surface area contributed by atoms with Gasteiger partial charge in [-0.3, -0.25) is 4.90 Å². The van der Waals surface area contributed by atoms with E-state index in [1.165, 1.54) is 0 Å². The van der Waals surface area contributed by atoms with Gasteiger partial charge in [0.15, 0.2) is 5.65 Å². The molecule has 0 aliphatic carbocycles. The molecule has 1 aliphatic rings. The van der Waals surface area contributed by atoms with Crippen molar-refractivity contribution in [3.63, 3.8) is 0 Å². The monoisotopic (exact) mass is 328 g/mol. The van der Waals surface area contributed by atoms with Crippen LogP contribution < -0.4 is 4.90 Å². The summed E-state index contributed by atoms with van der Waals surface area (Å²) in [5, 5.41) is 20.6. The Kier molecular flexibility index (Phi) is 3.64. The van der Waals surface area contributed by atoms with Crippen molar-refractivity contribution in [3.8, 4) is 0 Å². The first-order valence-electron chi connectivity index (χ1n) is 8.09. The van der Waals surface area contributed by atoms with Crippen LogP contribution in [-0.2, 0) is 0 Å². The molecule has 0 radical (unpaired) electrons. The fourth-order valence-electron chi connectivity index (χ4n) is 3.19. The highest BCUT2D eigenvalue weighted by atomic mass is 16.4. The van der Waals surface area contributed by atoms with Gasteiger partial charge in [0.2, 0.25) is 11.8 Å². The van der Waals surface area contributed by atoms with Crippen LogP contribution in [0.1, 0.15) is 31.7 Å². The molecular weight excluding hydrogens is 308 g/mol. The van der Waals surface area contributed by atoms with Crippen molar-refractivity contribution in [1.82, 2.24) is 34.9 Å². The second-order valence-corrected chi connectivity index (χ2v) is 6.20. The summed E-state index contributed by atoms with van der Waals surface area (Å²) in [4.78, 5) is 4.67. The SMILES string of the molecule is Cc1nnc([C@H](C)N2CCN(c3ccc4nncn4n3)[C@H](C)C2)o1. The molecule has 4 heterocycles. The molecule has 0 unspecified atom stereocenters. The quantitative estimate of drug-likeness (QED) is 0.706. The predicted octanol–water partition coefficient (Wildman–Crippen LogP) is 1.09. The Morgan fingerprint density at radius 2 is 2.08 bits per heavy atom. The first-order valence-corrected chi connectivity index (χ1v) is 8.09. The Hall–Kier alpha value is -2.55. The number of aryl methyl sites for hydroxylation is 1. The van der Waals surface area contributed by atoms with Crippen molar-refractivity contribution in [1.29, 1.82) is 0 Å². The molecule has 0 aromatic carbocycles. The third-order valence-electron chi connectivity index (χ3n) is 4.55.